The van der Waals surface area contributed by atoms with E-state index in [1.807, 2.05) is 36.4 Å². The molecular weight excluding hydrogens is 290 g/mol. The van der Waals surface area contributed by atoms with Crippen molar-refractivity contribution >= 4 is 17.7 Å². The van der Waals surface area contributed by atoms with Crippen molar-refractivity contribution in [2.75, 3.05) is 6.54 Å². The maximum atomic E-state index is 11.4. The number of amides is 1. The molecule has 1 N–H and O–H groups in total. The Balaban J connectivity index is 1.97. The third-order valence-corrected chi connectivity index (χ3v) is 3.75. The first-order valence-corrected chi connectivity index (χ1v) is 6.99. The quantitative estimate of drug-likeness (QED) is 0.867. The first kappa shape index (κ1) is 13.8. The van der Waals surface area contributed by atoms with Gasteiger partial charge in [0.15, 0.2) is 0 Å². The maximum absolute atomic E-state index is 11.4. The van der Waals surface area contributed by atoms with Gasteiger partial charge < -0.3 is 9.84 Å². The van der Waals surface area contributed by atoms with Crippen LogP contribution in [0.3, 0.4) is 0 Å². The molecule has 2 aromatic rings. The number of para-hydroxylation sites is 1. The fourth-order valence-corrected chi connectivity index (χ4v) is 2.53. The minimum Gasteiger partial charge on any atom is -0.484 e. The van der Waals surface area contributed by atoms with Crippen molar-refractivity contribution < 1.29 is 14.6 Å². The third-order valence-electron chi connectivity index (χ3n) is 3.50. The van der Waals surface area contributed by atoms with Gasteiger partial charge in [-0.25, -0.2) is 4.79 Å². The molecule has 0 radical (unpaired) electrons. The average molecular weight is 304 g/mol. The Labute approximate surface area is 127 Å². The Morgan fingerprint density at radius 2 is 1.90 bits per heavy atom. The Kier molecular flexibility index (Phi) is 3.71. The van der Waals surface area contributed by atoms with Crippen LogP contribution >= 0.6 is 11.6 Å². The van der Waals surface area contributed by atoms with Gasteiger partial charge in [0, 0.05) is 10.6 Å². The summed E-state index contributed by atoms with van der Waals surface area (Å²) in [5.41, 5.74) is 1.78. The number of carbonyl (C=O) groups is 1. The van der Waals surface area contributed by atoms with E-state index in [1.165, 1.54) is 4.90 Å². The van der Waals surface area contributed by atoms with Crippen LogP contribution < -0.4 is 4.74 Å². The predicted octanol–water partition coefficient (Wildman–Crippen LogP) is 3.95. The van der Waals surface area contributed by atoms with E-state index in [-0.39, 0.29) is 12.6 Å². The Morgan fingerprint density at radius 3 is 2.62 bits per heavy atom. The lowest BCUT2D eigenvalue weighted by atomic mass is 10.1. The largest absolute Gasteiger partial charge is 0.484 e. The lowest BCUT2D eigenvalue weighted by Crippen LogP contribution is -2.32. The fourth-order valence-electron chi connectivity index (χ4n) is 2.41. The van der Waals surface area contributed by atoms with Gasteiger partial charge in [-0.3, -0.25) is 4.90 Å². The second kappa shape index (κ2) is 5.66. The lowest BCUT2D eigenvalue weighted by Gasteiger charge is -2.22. The van der Waals surface area contributed by atoms with E-state index in [9.17, 15) is 9.90 Å². The monoisotopic (exact) mass is 303 g/mol. The van der Waals surface area contributed by atoms with Crippen LogP contribution in [0.15, 0.2) is 48.5 Å². The molecule has 2 aromatic carbocycles. The summed E-state index contributed by atoms with van der Waals surface area (Å²) >= 11 is 5.90. The molecule has 1 heterocycles. The van der Waals surface area contributed by atoms with Crippen molar-refractivity contribution in [2.24, 2.45) is 0 Å². The van der Waals surface area contributed by atoms with Gasteiger partial charge in [-0.15, -0.1) is 0 Å². The van der Waals surface area contributed by atoms with Gasteiger partial charge in [0.25, 0.3) is 0 Å². The van der Waals surface area contributed by atoms with Crippen molar-refractivity contribution in [1.29, 1.82) is 0 Å². The van der Waals surface area contributed by atoms with E-state index in [0.29, 0.717) is 11.6 Å². The van der Waals surface area contributed by atoms with Crippen molar-refractivity contribution in [2.45, 2.75) is 12.6 Å². The molecule has 0 bridgehead atoms. The van der Waals surface area contributed by atoms with E-state index in [1.54, 1.807) is 12.1 Å². The highest BCUT2D eigenvalue weighted by Crippen LogP contribution is 2.31. The second-order valence-corrected chi connectivity index (χ2v) is 5.37. The van der Waals surface area contributed by atoms with Gasteiger partial charge >= 0.3 is 6.09 Å². The minimum atomic E-state index is -0.950. The van der Waals surface area contributed by atoms with Crippen molar-refractivity contribution in [3.63, 3.8) is 0 Å². The van der Waals surface area contributed by atoms with Crippen LogP contribution in [-0.2, 0) is 6.54 Å². The van der Waals surface area contributed by atoms with Crippen molar-refractivity contribution in [3.05, 3.63) is 64.7 Å². The van der Waals surface area contributed by atoms with Crippen LogP contribution in [0.1, 0.15) is 17.2 Å². The first-order valence-electron chi connectivity index (χ1n) is 6.61. The number of rotatable bonds is 1. The SMILES string of the molecule is O=C(O)N1Cc2ccccc2OC(c2ccc(Cl)cc2)C1. The standard InChI is InChI=1S/C16H14ClNO3/c17-13-7-5-11(6-8-13)15-10-18(16(19)20)9-12-3-1-2-4-14(12)21-15/h1-8,15H,9-10H2,(H,19,20). The summed E-state index contributed by atoms with van der Waals surface area (Å²) in [5, 5.41) is 9.99. The molecule has 3 rings (SSSR count). The zero-order chi connectivity index (χ0) is 14.8. The van der Waals surface area contributed by atoms with Gasteiger partial charge in [-0.05, 0) is 23.8 Å². The summed E-state index contributed by atoms with van der Waals surface area (Å²) in [6, 6.07) is 14.8. The molecule has 0 spiro atoms. The normalized spacial score (nSPS) is 17.6. The minimum absolute atomic E-state index is 0.283. The van der Waals surface area contributed by atoms with Crippen molar-refractivity contribution in [3.8, 4) is 5.75 Å². The Hall–Kier alpha value is -2.20. The molecule has 1 atom stereocenters. The number of ether oxygens (including phenoxy) is 1. The summed E-state index contributed by atoms with van der Waals surface area (Å²) in [7, 11) is 0. The highest BCUT2D eigenvalue weighted by Gasteiger charge is 2.26. The molecule has 4 nitrogen and oxygen atoms in total. The zero-order valence-corrected chi connectivity index (χ0v) is 12.0. The summed E-state index contributed by atoms with van der Waals surface area (Å²) in [6.07, 6.45) is -1.30. The maximum Gasteiger partial charge on any atom is 0.407 e. The van der Waals surface area contributed by atoms with E-state index >= 15 is 0 Å². The van der Waals surface area contributed by atoms with Crippen LogP contribution in [0.25, 0.3) is 0 Å². The lowest BCUT2D eigenvalue weighted by molar-refractivity contribution is 0.116. The van der Waals surface area contributed by atoms with Crippen molar-refractivity contribution in [1.82, 2.24) is 4.90 Å². The second-order valence-electron chi connectivity index (χ2n) is 4.93. The van der Waals surface area contributed by atoms with Gasteiger partial charge in [-0.1, -0.05) is 41.9 Å². The number of hydrogen-bond acceptors (Lipinski definition) is 2. The number of hydrogen-bond donors (Lipinski definition) is 1. The molecule has 0 saturated heterocycles. The van der Waals surface area contributed by atoms with Crippen LogP contribution in [-0.4, -0.2) is 22.6 Å². The number of halogens is 1. The smallest absolute Gasteiger partial charge is 0.407 e. The predicted molar refractivity (Wildman–Crippen MR) is 79.7 cm³/mol. The molecule has 0 saturated carbocycles. The molecule has 0 fully saturated rings. The topological polar surface area (TPSA) is 49.8 Å². The molecular formula is C16H14ClNO3. The molecule has 21 heavy (non-hydrogen) atoms. The van der Waals surface area contributed by atoms with Gasteiger partial charge in [0.2, 0.25) is 0 Å². The molecule has 1 aliphatic rings. The van der Waals surface area contributed by atoms with Crippen LogP contribution in [0.5, 0.6) is 5.75 Å². The molecule has 5 heteroatoms. The highest BCUT2D eigenvalue weighted by atomic mass is 35.5. The van der Waals surface area contributed by atoms with Gasteiger partial charge in [0.05, 0.1) is 13.1 Å². The summed E-state index contributed by atoms with van der Waals surface area (Å²) in [6.45, 7) is 0.612. The van der Waals surface area contributed by atoms with E-state index in [0.717, 1.165) is 16.9 Å². The summed E-state index contributed by atoms with van der Waals surface area (Å²) in [4.78, 5) is 12.8. The van der Waals surface area contributed by atoms with Crippen LogP contribution in [0.4, 0.5) is 4.79 Å². The molecule has 1 aliphatic heterocycles. The Morgan fingerprint density at radius 1 is 1.19 bits per heavy atom. The number of nitrogens with zero attached hydrogens (tertiary/aromatic N) is 1. The molecule has 1 unspecified atom stereocenters. The zero-order valence-electron chi connectivity index (χ0n) is 11.2. The Bertz CT molecular complexity index is 657. The molecule has 0 aromatic heterocycles. The van der Waals surface area contributed by atoms with Gasteiger partial charge in [0.1, 0.15) is 11.9 Å². The summed E-state index contributed by atoms with van der Waals surface area (Å²) in [5.74, 6) is 0.723. The molecule has 1 amide bonds. The third kappa shape index (κ3) is 2.95. The number of fused-ring (bicyclic) bond motifs is 1. The average Bonchev–Trinajstić information content (AvgIpc) is 2.67. The fraction of sp³-hybridized carbons (Fsp3) is 0.188. The van der Waals surface area contributed by atoms with E-state index in [2.05, 4.69) is 0 Å². The number of benzene rings is 2. The first-order chi connectivity index (χ1) is 10.1. The molecule has 0 aliphatic carbocycles. The van der Waals surface area contributed by atoms with E-state index in [4.69, 9.17) is 16.3 Å². The highest BCUT2D eigenvalue weighted by molar-refractivity contribution is 6.30. The van der Waals surface area contributed by atoms with E-state index < -0.39 is 6.09 Å². The van der Waals surface area contributed by atoms with Gasteiger partial charge in [-0.2, -0.15) is 0 Å². The summed E-state index contributed by atoms with van der Waals surface area (Å²) < 4.78 is 6.02. The van der Waals surface area contributed by atoms with Crippen LogP contribution in [0.2, 0.25) is 5.02 Å². The van der Waals surface area contributed by atoms with Crippen LogP contribution in [0, 0.1) is 0 Å². The number of carboxylic acid groups (broad SMARTS) is 1. The molecule has 108 valence electrons.